The number of carbonyl (C=O) groups excluding carboxylic acids is 2. The van der Waals surface area contributed by atoms with Crippen LogP contribution < -0.4 is 20.5 Å². The molecule has 6 heteroatoms. The second-order valence-electron chi connectivity index (χ2n) is 7.80. The number of rotatable bonds is 3. The van der Waals surface area contributed by atoms with Crippen LogP contribution in [0.15, 0.2) is 72.8 Å². The van der Waals surface area contributed by atoms with Gasteiger partial charge in [0.15, 0.2) is 0 Å². The zero-order chi connectivity index (χ0) is 21.2. The summed E-state index contributed by atoms with van der Waals surface area (Å²) in [6.07, 6.45) is 2.03. The second-order valence-corrected chi connectivity index (χ2v) is 7.80. The molecule has 6 nitrogen and oxygen atoms in total. The minimum atomic E-state index is -0.558. The van der Waals surface area contributed by atoms with Gasteiger partial charge in [0.05, 0.1) is 12.5 Å². The Labute approximate surface area is 180 Å². The first-order valence-electron chi connectivity index (χ1n) is 10.5. The van der Waals surface area contributed by atoms with Crippen LogP contribution in [0.25, 0.3) is 0 Å². The quantitative estimate of drug-likeness (QED) is 0.645. The maximum atomic E-state index is 13.1. The SMILES string of the molecule is O=C(CN1CCCc2ccccc21)NNC(=O)C1c2ccccc2Oc2ccccc21. The van der Waals surface area contributed by atoms with Gasteiger partial charge in [0.1, 0.15) is 11.5 Å². The zero-order valence-corrected chi connectivity index (χ0v) is 17.0. The highest BCUT2D eigenvalue weighted by Gasteiger charge is 2.32. The monoisotopic (exact) mass is 413 g/mol. The van der Waals surface area contributed by atoms with Gasteiger partial charge < -0.3 is 9.64 Å². The molecule has 0 aliphatic carbocycles. The number of benzene rings is 3. The highest BCUT2D eigenvalue weighted by molar-refractivity contribution is 5.92. The van der Waals surface area contributed by atoms with E-state index in [1.165, 1.54) is 5.56 Å². The fourth-order valence-electron chi connectivity index (χ4n) is 4.38. The number of amides is 2. The lowest BCUT2D eigenvalue weighted by atomic mass is 9.87. The van der Waals surface area contributed by atoms with Crippen LogP contribution in [0.5, 0.6) is 11.5 Å². The molecule has 2 aliphatic heterocycles. The maximum Gasteiger partial charge on any atom is 0.257 e. The van der Waals surface area contributed by atoms with E-state index in [9.17, 15) is 9.59 Å². The Balaban J connectivity index is 1.29. The van der Waals surface area contributed by atoms with Crippen LogP contribution in [0.1, 0.15) is 29.0 Å². The predicted molar refractivity (Wildman–Crippen MR) is 118 cm³/mol. The van der Waals surface area contributed by atoms with E-state index in [0.29, 0.717) is 11.5 Å². The van der Waals surface area contributed by atoms with Gasteiger partial charge in [-0.1, -0.05) is 54.6 Å². The first-order valence-corrected chi connectivity index (χ1v) is 10.5. The standard InChI is InChI=1S/C25H23N3O3/c29-23(16-28-15-7-9-17-8-1-4-12-20(17)28)26-27-25(30)24-18-10-2-5-13-21(18)31-22-14-6-3-11-19(22)24/h1-6,8,10-14,24H,7,9,15-16H2,(H,26,29)(H,27,30). The number of carbonyl (C=O) groups is 2. The molecule has 5 rings (SSSR count). The lowest BCUT2D eigenvalue weighted by molar-refractivity contribution is -0.128. The summed E-state index contributed by atoms with van der Waals surface area (Å²) in [5, 5.41) is 0. The number of nitrogens with zero attached hydrogens (tertiary/aromatic N) is 1. The van der Waals surface area contributed by atoms with Crippen LogP contribution in [0.3, 0.4) is 0 Å². The van der Waals surface area contributed by atoms with Crippen molar-refractivity contribution in [3.8, 4) is 11.5 Å². The van der Waals surface area contributed by atoms with Crippen LogP contribution in [-0.4, -0.2) is 24.9 Å². The molecule has 2 heterocycles. The van der Waals surface area contributed by atoms with Crippen molar-refractivity contribution < 1.29 is 14.3 Å². The van der Waals surface area contributed by atoms with E-state index in [1.54, 1.807) is 0 Å². The zero-order valence-electron chi connectivity index (χ0n) is 17.0. The van der Waals surface area contributed by atoms with E-state index in [4.69, 9.17) is 4.74 Å². The van der Waals surface area contributed by atoms with E-state index in [2.05, 4.69) is 21.8 Å². The average molecular weight is 413 g/mol. The van der Waals surface area contributed by atoms with Gasteiger partial charge in [-0.15, -0.1) is 0 Å². The molecule has 156 valence electrons. The fourth-order valence-corrected chi connectivity index (χ4v) is 4.38. The van der Waals surface area contributed by atoms with E-state index < -0.39 is 5.92 Å². The molecule has 0 spiro atoms. The summed E-state index contributed by atoms with van der Waals surface area (Å²) in [5.74, 6) is 0.196. The van der Waals surface area contributed by atoms with Crippen molar-refractivity contribution in [2.24, 2.45) is 0 Å². The summed E-state index contributed by atoms with van der Waals surface area (Å²) < 4.78 is 5.94. The summed E-state index contributed by atoms with van der Waals surface area (Å²) >= 11 is 0. The maximum absolute atomic E-state index is 13.1. The fraction of sp³-hybridized carbons (Fsp3) is 0.200. The summed E-state index contributed by atoms with van der Waals surface area (Å²) in [4.78, 5) is 27.8. The van der Waals surface area contributed by atoms with E-state index in [1.807, 2.05) is 66.7 Å². The van der Waals surface area contributed by atoms with Gasteiger partial charge in [0, 0.05) is 23.4 Å². The van der Waals surface area contributed by atoms with Crippen molar-refractivity contribution in [2.75, 3.05) is 18.0 Å². The Kier molecular flexibility index (Phi) is 5.04. The number of fused-ring (bicyclic) bond motifs is 3. The third-order valence-electron chi connectivity index (χ3n) is 5.81. The van der Waals surface area contributed by atoms with Crippen molar-refractivity contribution in [2.45, 2.75) is 18.8 Å². The third kappa shape index (κ3) is 3.72. The molecule has 2 amide bonds. The van der Waals surface area contributed by atoms with Crippen molar-refractivity contribution in [1.29, 1.82) is 0 Å². The van der Waals surface area contributed by atoms with Gasteiger partial charge >= 0.3 is 0 Å². The molecule has 0 saturated carbocycles. The van der Waals surface area contributed by atoms with Gasteiger partial charge in [0.2, 0.25) is 0 Å². The molecule has 2 N–H and O–H groups in total. The Morgan fingerprint density at radius 1 is 0.871 bits per heavy atom. The van der Waals surface area contributed by atoms with Crippen LogP contribution in [0.2, 0.25) is 0 Å². The smallest absolute Gasteiger partial charge is 0.257 e. The predicted octanol–water partition coefficient (Wildman–Crippen LogP) is 3.52. The lowest BCUT2D eigenvalue weighted by Crippen LogP contribution is -2.49. The summed E-state index contributed by atoms with van der Waals surface area (Å²) in [6, 6.07) is 23.1. The molecule has 0 aromatic heterocycles. The summed E-state index contributed by atoms with van der Waals surface area (Å²) in [6.45, 7) is 1.01. The number of ether oxygens (including phenoxy) is 1. The number of anilines is 1. The topological polar surface area (TPSA) is 70.7 Å². The van der Waals surface area contributed by atoms with Gasteiger partial charge in [-0.05, 0) is 36.6 Å². The van der Waals surface area contributed by atoms with E-state index in [-0.39, 0.29) is 18.4 Å². The second kappa shape index (κ2) is 8.14. The molecule has 0 saturated heterocycles. The molecule has 3 aromatic carbocycles. The lowest BCUT2D eigenvalue weighted by Gasteiger charge is -2.31. The van der Waals surface area contributed by atoms with E-state index >= 15 is 0 Å². The Morgan fingerprint density at radius 2 is 1.52 bits per heavy atom. The van der Waals surface area contributed by atoms with Crippen LogP contribution in [0, 0.1) is 0 Å². The summed E-state index contributed by atoms with van der Waals surface area (Å²) in [7, 11) is 0. The van der Waals surface area contributed by atoms with Gasteiger partial charge in [-0.2, -0.15) is 0 Å². The Hall–Kier alpha value is -3.80. The van der Waals surface area contributed by atoms with Crippen LogP contribution in [-0.2, 0) is 16.0 Å². The van der Waals surface area contributed by atoms with Crippen molar-refractivity contribution in [3.05, 3.63) is 89.5 Å². The van der Waals surface area contributed by atoms with Gasteiger partial charge in [0.25, 0.3) is 11.8 Å². The Morgan fingerprint density at radius 3 is 2.26 bits per heavy atom. The average Bonchev–Trinajstić information content (AvgIpc) is 2.81. The summed E-state index contributed by atoms with van der Waals surface area (Å²) in [5.41, 5.74) is 9.11. The number of para-hydroxylation sites is 3. The molecular formula is C25H23N3O3. The number of aryl methyl sites for hydroxylation is 1. The molecule has 0 atom stereocenters. The van der Waals surface area contributed by atoms with Crippen molar-refractivity contribution in [3.63, 3.8) is 0 Å². The van der Waals surface area contributed by atoms with Crippen LogP contribution >= 0.6 is 0 Å². The molecule has 0 radical (unpaired) electrons. The molecule has 2 aliphatic rings. The Bertz CT molecular complexity index is 1100. The first kappa shape index (κ1) is 19.2. The largest absolute Gasteiger partial charge is 0.457 e. The van der Waals surface area contributed by atoms with Gasteiger partial charge in [-0.25, -0.2) is 0 Å². The highest BCUT2D eigenvalue weighted by Crippen LogP contribution is 2.43. The minimum absolute atomic E-state index is 0.193. The molecule has 0 fully saturated rings. The molecule has 0 bridgehead atoms. The first-order chi connectivity index (χ1) is 15.2. The highest BCUT2D eigenvalue weighted by atomic mass is 16.5. The van der Waals surface area contributed by atoms with Crippen LogP contribution in [0.4, 0.5) is 5.69 Å². The van der Waals surface area contributed by atoms with Crippen molar-refractivity contribution >= 4 is 17.5 Å². The number of hydrogen-bond acceptors (Lipinski definition) is 4. The molecular weight excluding hydrogens is 390 g/mol. The number of hydrazine groups is 1. The molecule has 3 aromatic rings. The minimum Gasteiger partial charge on any atom is -0.457 e. The third-order valence-corrected chi connectivity index (χ3v) is 5.81. The normalized spacial score (nSPS) is 14.5. The van der Waals surface area contributed by atoms with E-state index in [0.717, 1.165) is 36.2 Å². The molecule has 0 unspecified atom stereocenters. The molecule has 31 heavy (non-hydrogen) atoms. The number of hydrogen-bond donors (Lipinski definition) is 2. The van der Waals surface area contributed by atoms with Gasteiger partial charge in [-0.3, -0.25) is 20.4 Å². The number of nitrogens with one attached hydrogen (secondary N) is 2. The van der Waals surface area contributed by atoms with Crippen molar-refractivity contribution in [1.82, 2.24) is 10.9 Å².